The minimum absolute atomic E-state index is 0. The summed E-state index contributed by atoms with van der Waals surface area (Å²) in [6.07, 6.45) is 0.879. The summed E-state index contributed by atoms with van der Waals surface area (Å²) in [5.41, 5.74) is 0.338. The van der Waals surface area contributed by atoms with Crippen molar-refractivity contribution in [2.24, 2.45) is 11.8 Å². The lowest BCUT2D eigenvalue weighted by Gasteiger charge is -2.32. The molecule has 0 bridgehead atoms. The molecule has 1 fully saturated rings. The van der Waals surface area contributed by atoms with E-state index in [9.17, 15) is 14.0 Å². The van der Waals surface area contributed by atoms with Crippen LogP contribution < -0.4 is 16.0 Å². The van der Waals surface area contributed by atoms with E-state index in [-0.39, 0.29) is 36.2 Å². The van der Waals surface area contributed by atoms with Gasteiger partial charge in [-0.1, -0.05) is 20.8 Å². The second kappa shape index (κ2) is 9.73. The predicted octanol–water partition coefficient (Wildman–Crippen LogP) is 2.12. The summed E-state index contributed by atoms with van der Waals surface area (Å²) in [6, 6.07) is 4.78. The molecule has 3 N–H and O–H groups in total. The van der Waals surface area contributed by atoms with Crippen molar-refractivity contribution >= 4 is 24.2 Å². The number of nitrogens with one attached hydrogen (secondary N) is 3. The van der Waals surface area contributed by atoms with Gasteiger partial charge in [-0.2, -0.15) is 0 Å². The summed E-state index contributed by atoms with van der Waals surface area (Å²) in [5, 5.41) is 9.13. The molecule has 5 nitrogen and oxygen atoms in total. The van der Waals surface area contributed by atoms with Gasteiger partial charge in [0.15, 0.2) is 0 Å². The van der Waals surface area contributed by atoms with Gasteiger partial charge >= 0.3 is 0 Å². The Bertz CT molecular complexity index is 580. The average molecular weight is 372 g/mol. The molecule has 2 amide bonds. The molecule has 0 spiro atoms. The monoisotopic (exact) mass is 371 g/mol. The molecule has 0 aromatic heterocycles. The molecule has 7 heteroatoms. The maximum atomic E-state index is 13.0. The third-order valence-electron chi connectivity index (χ3n) is 4.46. The molecule has 1 aliphatic rings. The number of carbonyl (C=O) groups is 2. The first-order chi connectivity index (χ1) is 11.4. The van der Waals surface area contributed by atoms with Gasteiger partial charge in [0.05, 0.1) is 0 Å². The largest absolute Gasteiger partial charge is 0.351 e. The molecular weight excluding hydrogens is 345 g/mol. The van der Waals surface area contributed by atoms with E-state index in [2.05, 4.69) is 22.9 Å². The van der Waals surface area contributed by atoms with Crippen molar-refractivity contribution in [3.8, 4) is 0 Å². The number of amides is 2. The van der Waals surface area contributed by atoms with Crippen LogP contribution in [0, 0.1) is 17.7 Å². The molecule has 1 aliphatic heterocycles. The average Bonchev–Trinajstić information content (AvgIpc) is 2.54. The van der Waals surface area contributed by atoms with Crippen LogP contribution in [0.1, 0.15) is 37.6 Å². The molecule has 0 radical (unpaired) electrons. The van der Waals surface area contributed by atoms with Crippen molar-refractivity contribution in [1.82, 2.24) is 16.0 Å². The Morgan fingerprint density at radius 3 is 2.44 bits per heavy atom. The van der Waals surface area contributed by atoms with E-state index >= 15 is 0 Å². The third-order valence-corrected chi connectivity index (χ3v) is 4.46. The zero-order chi connectivity index (χ0) is 17.7. The minimum atomic E-state index is -0.621. The van der Waals surface area contributed by atoms with Crippen molar-refractivity contribution in [1.29, 1.82) is 0 Å². The summed E-state index contributed by atoms with van der Waals surface area (Å²) in [7, 11) is 0. The molecule has 0 saturated carbocycles. The fraction of sp³-hybridized carbons (Fsp3) is 0.556. The van der Waals surface area contributed by atoms with Crippen LogP contribution in [0.25, 0.3) is 0 Å². The van der Waals surface area contributed by atoms with E-state index in [4.69, 9.17) is 0 Å². The first kappa shape index (κ1) is 21.4. The molecule has 0 aliphatic carbocycles. The van der Waals surface area contributed by atoms with E-state index in [1.54, 1.807) is 0 Å². The normalized spacial score (nSPS) is 21.2. The Labute approximate surface area is 154 Å². The van der Waals surface area contributed by atoms with Gasteiger partial charge < -0.3 is 16.0 Å². The molecule has 1 aromatic carbocycles. The summed E-state index contributed by atoms with van der Waals surface area (Å²) in [5.74, 6) is -0.638. The van der Waals surface area contributed by atoms with Crippen LogP contribution in [0.15, 0.2) is 24.3 Å². The molecule has 3 unspecified atom stereocenters. The van der Waals surface area contributed by atoms with E-state index in [0.29, 0.717) is 11.5 Å². The first-order valence-corrected chi connectivity index (χ1v) is 8.46. The highest BCUT2D eigenvalue weighted by Gasteiger charge is 2.29. The van der Waals surface area contributed by atoms with Gasteiger partial charge in [-0.25, -0.2) is 4.39 Å². The van der Waals surface area contributed by atoms with Gasteiger partial charge in [0, 0.05) is 11.6 Å². The Kier molecular flexibility index (Phi) is 8.32. The van der Waals surface area contributed by atoms with E-state index < -0.39 is 11.9 Å². The Morgan fingerprint density at radius 2 is 1.88 bits per heavy atom. The van der Waals surface area contributed by atoms with Crippen LogP contribution in [0.3, 0.4) is 0 Å². The number of hydrogen-bond acceptors (Lipinski definition) is 3. The van der Waals surface area contributed by atoms with Crippen LogP contribution in [0.2, 0.25) is 0 Å². The number of carbonyl (C=O) groups excluding carboxylic acids is 2. The summed E-state index contributed by atoms with van der Waals surface area (Å²) < 4.78 is 13.0. The summed E-state index contributed by atoms with van der Waals surface area (Å²) >= 11 is 0. The quantitative estimate of drug-likeness (QED) is 0.742. The van der Waals surface area contributed by atoms with Crippen LogP contribution >= 0.6 is 12.4 Å². The van der Waals surface area contributed by atoms with Crippen molar-refractivity contribution < 1.29 is 14.0 Å². The van der Waals surface area contributed by atoms with Gasteiger partial charge in [0.25, 0.3) is 5.91 Å². The van der Waals surface area contributed by atoms with Crippen molar-refractivity contribution in [2.75, 3.05) is 13.1 Å². The van der Waals surface area contributed by atoms with Crippen molar-refractivity contribution in [3.63, 3.8) is 0 Å². The highest BCUT2D eigenvalue weighted by atomic mass is 35.5. The van der Waals surface area contributed by atoms with Crippen LogP contribution in [0.4, 0.5) is 4.39 Å². The van der Waals surface area contributed by atoms with Crippen molar-refractivity contribution in [2.45, 2.75) is 39.3 Å². The highest BCUT2D eigenvalue weighted by Crippen LogP contribution is 2.12. The summed E-state index contributed by atoms with van der Waals surface area (Å²) in [6.45, 7) is 7.63. The zero-order valence-electron chi connectivity index (χ0n) is 14.8. The van der Waals surface area contributed by atoms with Gasteiger partial charge in [-0.3, -0.25) is 9.59 Å². The Hall–Kier alpha value is -1.66. The SMILES string of the molecule is CC(C)C(NC(=O)c1ccc(F)cc1)C(=O)NC1CCNCC1C.Cl. The molecule has 140 valence electrons. The predicted molar refractivity (Wildman–Crippen MR) is 98.3 cm³/mol. The molecule has 1 saturated heterocycles. The van der Waals surface area contributed by atoms with Crippen LogP contribution in [-0.2, 0) is 4.79 Å². The second-order valence-corrected chi connectivity index (χ2v) is 6.79. The highest BCUT2D eigenvalue weighted by molar-refractivity contribution is 5.97. The van der Waals surface area contributed by atoms with E-state index in [1.165, 1.54) is 24.3 Å². The summed E-state index contributed by atoms with van der Waals surface area (Å²) in [4.78, 5) is 24.9. The molecular formula is C18H27ClFN3O2. The number of rotatable bonds is 5. The van der Waals surface area contributed by atoms with Gasteiger partial charge in [0.2, 0.25) is 5.91 Å². The molecule has 25 heavy (non-hydrogen) atoms. The lowest BCUT2D eigenvalue weighted by atomic mass is 9.94. The topological polar surface area (TPSA) is 70.2 Å². The van der Waals surface area contributed by atoms with Crippen molar-refractivity contribution in [3.05, 3.63) is 35.6 Å². The standard InChI is InChI=1S/C18H26FN3O2.ClH/c1-11(2)16(18(24)21-15-8-9-20-10-12(15)3)22-17(23)13-4-6-14(19)7-5-13;/h4-7,11-12,15-16,20H,8-10H2,1-3H3,(H,21,24)(H,22,23);1H. The van der Waals surface area contributed by atoms with Gasteiger partial charge in [0.1, 0.15) is 11.9 Å². The number of hydrogen-bond donors (Lipinski definition) is 3. The third kappa shape index (κ3) is 5.97. The fourth-order valence-corrected chi connectivity index (χ4v) is 2.86. The lowest BCUT2D eigenvalue weighted by Crippen LogP contribution is -2.55. The van der Waals surface area contributed by atoms with Crippen LogP contribution in [-0.4, -0.2) is 37.0 Å². The molecule has 2 rings (SSSR count). The van der Waals surface area contributed by atoms with Gasteiger partial charge in [-0.15, -0.1) is 12.4 Å². The minimum Gasteiger partial charge on any atom is -0.351 e. The number of halogens is 2. The van der Waals surface area contributed by atoms with E-state index in [1.807, 2.05) is 13.8 Å². The fourth-order valence-electron chi connectivity index (χ4n) is 2.86. The first-order valence-electron chi connectivity index (χ1n) is 8.46. The Morgan fingerprint density at radius 1 is 1.24 bits per heavy atom. The molecule has 1 heterocycles. The van der Waals surface area contributed by atoms with Gasteiger partial charge in [-0.05, 0) is 55.6 Å². The second-order valence-electron chi connectivity index (χ2n) is 6.79. The molecule has 1 aromatic rings. The van der Waals surface area contributed by atoms with Crippen LogP contribution in [0.5, 0.6) is 0 Å². The number of benzene rings is 1. The maximum absolute atomic E-state index is 13.0. The van der Waals surface area contributed by atoms with E-state index in [0.717, 1.165) is 19.5 Å². The zero-order valence-corrected chi connectivity index (χ0v) is 15.7. The maximum Gasteiger partial charge on any atom is 0.251 e. The lowest BCUT2D eigenvalue weighted by molar-refractivity contribution is -0.125. The smallest absolute Gasteiger partial charge is 0.251 e. The molecule has 3 atom stereocenters. The Balaban J connectivity index is 0.00000312. The number of piperidine rings is 1.